The van der Waals surface area contributed by atoms with Crippen molar-refractivity contribution in [2.24, 2.45) is 0 Å². The van der Waals surface area contributed by atoms with Gasteiger partial charge in [0.2, 0.25) is 0 Å². The van der Waals surface area contributed by atoms with Gasteiger partial charge < -0.3 is 14.2 Å². The van der Waals surface area contributed by atoms with Gasteiger partial charge in [0.25, 0.3) is 0 Å². The maximum absolute atomic E-state index is 6.17. The molecule has 0 N–H and O–H groups in total. The van der Waals surface area contributed by atoms with Crippen molar-refractivity contribution in [3.8, 4) is 17.2 Å². The fourth-order valence-corrected chi connectivity index (χ4v) is 4.34. The van der Waals surface area contributed by atoms with Gasteiger partial charge in [-0.25, -0.2) is 0 Å². The smallest absolute Gasteiger partial charge is 0.149 e. The van der Waals surface area contributed by atoms with Crippen LogP contribution >= 0.6 is 0 Å². The SMILES string of the molecule is CCN(CC)C(C)Oc1ccc(C2C=Cc3cc(OC(C)N(CC)CC)ccc3OC2)cc1. The van der Waals surface area contributed by atoms with Gasteiger partial charge in [0.05, 0.1) is 6.61 Å². The Balaban J connectivity index is 1.66. The van der Waals surface area contributed by atoms with Crippen LogP contribution in [0.15, 0.2) is 48.5 Å². The largest absolute Gasteiger partial charge is 0.492 e. The van der Waals surface area contributed by atoms with E-state index in [9.17, 15) is 0 Å². The van der Waals surface area contributed by atoms with Gasteiger partial charge >= 0.3 is 0 Å². The van der Waals surface area contributed by atoms with E-state index in [0.717, 1.165) is 49.0 Å². The molecule has 0 bridgehead atoms. The lowest BCUT2D eigenvalue weighted by Crippen LogP contribution is -2.36. The van der Waals surface area contributed by atoms with Gasteiger partial charge in [-0.05, 0) is 75.9 Å². The Morgan fingerprint density at radius 3 is 1.94 bits per heavy atom. The normalized spacial score (nSPS) is 17.3. The summed E-state index contributed by atoms with van der Waals surface area (Å²) in [6, 6.07) is 14.5. The third-order valence-corrected chi connectivity index (χ3v) is 6.48. The summed E-state index contributed by atoms with van der Waals surface area (Å²) in [5, 5.41) is 0. The van der Waals surface area contributed by atoms with E-state index in [4.69, 9.17) is 14.2 Å². The minimum atomic E-state index is 0.0339. The molecule has 3 rings (SSSR count). The van der Waals surface area contributed by atoms with Crippen molar-refractivity contribution in [2.45, 2.75) is 59.9 Å². The van der Waals surface area contributed by atoms with Crippen LogP contribution in [0.3, 0.4) is 0 Å². The van der Waals surface area contributed by atoms with Crippen molar-refractivity contribution in [1.82, 2.24) is 9.80 Å². The van der Waals surface area contributed by atoms with E-state index in [0.29, 0.717) is 6.61 Å². The molecule has 0 amide bonds. The fourth-order valence-electron chi connectivity index (χ4n) is 4.34. The molecule has 0 saturated carbocycles. The topological polar surface area (TPSA) is 34.2 Å². The Morgan fingerprint density at radius 2 is 1.36 bits per heavy atom. The van der Waals surface area contributed by atoms with Crippen LogP contribution in [0.25, 0.3) is 6.08 Å². The standard InChI is InChI=1S/C28H40N2O3/c1-7-29(8-2)21(5)32-26-15-13-23(14-16-26)25-12-11-24-19-27(17-18-28(24)31-20-25)33-22(6)30(9-3)10-4/h11-19,21-22,25H,7-10,20H2,1-6H3. The average Bonchev–Trinajstić information content (AvgIpc) is 3.03. The van der Waals surface area contributed by atoms with E-state index >= 15 is 0 Å². The molecule has 2 aromatic carbocycles. The van der Waals surface area contributed by atoms with E-state index in [-0.39, 0.29) is 18.4 Å². The molecule has 5 heteroatoms. The first-order valence-corrected chi connectivity index (χ1v) is 12.3. The third-order valence-electron chi connectivity index (χ3n) is 6.48. The number of benzene rings is 2. The highest BCUT2D eigenvalue weighted by Crippen LogP contribution is 2.32. The van der Waals surface area contributed by atoms with Gasteiger partial charge in [0.1, 0.15) is 29.7 Å². The van der Waals surface area contributed by atoms with Gasteiger partial charge in [-0.15, -0.1) is 0 Å². The number of rotatable bonds is 11. The van der Waals surface area contributed by atoms with Crippen molar-refractivity contribution in [3.05, 3.63) is 59.7 Å². The lowest BCUT2D eigenvalue weighted by Gasteiger charge is -2.27. The van der Waals surface area contributed by atoms with Gasteiger partial charge in [-0.1, -0.05) is 52.0 Å². The zero-order valence-electron chi connectivity index (χ0n) is 21.1. The molecule has 0 aliphatic carbocycles. The van der Waals surface area contributed by atoms with Gasteiger partial charge in [0, 0.05) is 11.5 Å². The molecule has 0 radical (unpaired) electrons. The zero-order valence-corrected chi connectivity index (χ0v) is 21.1. The molecular formula is C28H40N2O3. The molecular weight excluding hydrogens is 412 g/mol. The number of ether oxygens (including phenoxy) is 3. The van der Waals surface area contributed by atoms with E-state index in [1.165, 1.54) is 5.56 Å². The number of hydrogen-bond acceptors (Lipinski definition) is 5. The lowest BCUT2D eigenvalue weighted by molar-refractivity contribution is 0.0478. The molecule has 1 heterocycles. The number of hydrogen-bond donors (Lipinski definition) is 0. The zero-order chi connectivity index (χ0) is 23.8. The predicted molar refractivity (Wildman–Crippen MR) is 136 cm³/mol. The van der Waals surface area contributed by atoms with Crippen LogP contribution in [-0.4, -0.2) is 55.0 Å². The Hall–Kier alpha value is -2.50. The van der Waals surface area contributed by atoms with Crippen molar-refractivity contribution in [2.75, 3.05) is 32.8 Å². The van der Waals surface area contributed by atoms with E-state index in [2.05, 4.69) is 93.8 Å². The van der Waals surface area contributed by atoms with Crippen molar-refractivity contribution < 1.29 is 14.2 Å². The highest BCUT2D eigenvalue weighted by atomic mass is 16.5. The van der Waals surface area contributed by atoms with Gasteiger partial charge in [-0.3, -0.25) is 9.80 Å². The molecule has 0 aromatic heterocycles. The van der Waals surface area contributed by atoms with Crippen molar-refractivity contribution in [1.29, 1.82) is 0 Å². The molecule has 3 unspecified atom stereocenters. The summed E-state index contributed by atoms with van der Waals surface area (Å²) < 4.78 is 18.4. The molecule has 0 saturated heterocycles. The second kappa shape index (κ2) is 12.1. The maximum atomic E-state index is 6.17. The van der Waals surface area contributed by atoms with Crippen LogP contribution in [0, 0.1) is 0 Å². The summed E-state index contributed by atoms with van der Waals surface area (Å²) in [5.41, 5.74) is 2.27. The predicted octanol–water partition coefficient (Wildman–Crippen LogP) is 6.01. The molecule has 3 atom stereocenters. The maximum Gasteiger partial charge on any atom is 0.149 e. The van der Waals surface area contributed by atoms with E-state index < -0.39 is 0 Å². The summed E-state index contributed by atoms with van der Waals surface area (Å²) >= 11 is 0. The molecule has 2 aromatic rings. The lowest BCUT2D eigenvalue weighted by atomic mass is 9.99. The van der Waals surface area contributed by atoms with Crippen LogP contribution in [0.5, 0.6) is 17.2 Å². The van der Waals surface area contributed by atoms with E-state index in [1.54, 1.807) is 0 Å². The minimum Gasteiger partial charge on any atom is -0.492 e. The number of fused-ring (bicyclic) bond motifs is 1. The first-order valence-electron chi connectivity index (χ1n) is 12.3. The quantitative estimate of drug-likeness (QED) is 0.390. The highest BCUT2D eigenvalue weighted by Gasteiger charge is 2.17. The average molecular weight is 453 g/mol. The van der Waals surface area contributed by atoms with Gasteiger partial charge in [0.15, 0.2) is 0 Å². The van der Waals surface area contributed by atoms with Crippen LogP contribution in [0.4, 0.5) is 0 Å². The van der Waals surface area contributed by atoms with Crippen LogP contribution in [0.2, 0.25) is 0 Å². The molecule has 0 spiro atoms. The summed E-state index contributed by atoms with van der Waals surface area (Å²) in [6.45, 7) is 17.3. The summed E-state index contributed by atoms with van der Waals surface area (Å²) in [6.07, 6.45) is 4.46. The first kappa shape index (κ1) is 25.1. The third kappa shape index (κ3) is 6.52. The second-order valence-electron chi connectivity index (χ2n) is 8.42. The first-order chi connectivity index (χ1) is 16.0. The minimum absolute atomic E-state index is 0.0339. The summed E-state index contributed by atoms with van der Waals surface area (Å²) in [7, 11) is 0. The summed E-state index contributed by atoms with van der Waals surface area (Å²) in [4.78, 5) is 4.57. The van der Waals surface area contributed by atoms with Crippen molar-refractivity contribution >= 4 is 6.08 Å². The molecule has 5 nitrogen and oxygen atoms in total. The fraction of sp³-hybridized carbons (Fsp3) is 0.500. The molecule has 33 heavy (non-hydrogen) atoms. The highest BCUT2D eigenvalue weighted by molar-refractivity contribution is 5.61. The monoisotopic (exact) mass is 452 g/mol. The van der Waals surface area contributed by atoms with E-state index in [1.807, 2.05) is 12.1 Å². The van der Waals surface area contributed by atoms with Gasteiger partial charge in [-0.2, -0.15) is 0 Å². The van der Waals surface area contributed by atoms with Crippen LogP contribution in [-0.2, 0) is 0 Å². The Bertz CT molecular complexity index is 889. The Morgan fingerprint density at radius 1 is 0.818 bits per heavy atom. The molecule has 1 aliphatic heterocycles. The molecule has 180 valence electrons. The second-order valence-corrected chi connectivity index (χ2v) is 8.42. The molecule has 1 aliphatic rings. The Kier molecular flexibility index (Phi) is 9.21. The Labute approximate surface area is 199 Å². The summed E-state index contributed by atoms with van der Waals surface area (Å²) in [5.74, 6) is 2.84. The van der Waals surface area contributed by atoms with Crippen LogP contribution < -0.4 is 14.2 Å². The van der Waals surface area contributed by atoms with Crippen LogP contribution in [0.1, 0.15) is 58.6 Å². The number of nitrogens with zero attached hydrogens (tertiary/aromatic N) is 2. The molecule has 0 fully saturated rings. The van der Waals surface area contributed by atoms with Crippen molar-refractivity contribution in [3.63, 3.8) is 0 Å².